The lowest BCUT2D eigenvalue weighted by Crippen LogP contribution is -2.29. The van der Waals surface area contributed by atoms with Crippen molar-refractivity contribution in [2.75, 3.05) is 6.54 Å². The minimum absolute atomic E-state index is 0.0789. The van der Waals surface area contributed by atoms with E-state index in [4.69, 9.17) is 10.4 Å². The number of aliphatic carboxylic acids is 1. The van der Waals surface area contributed by atoms with Gasteiger partial charge in [-0.3, -0.25) is 9.59 Å². The normalized spacial score (nSPS) is 9.00. The third-order valence-electron chi connectivity index (χ3n) is 1.53. The number of carbonyl (C=O) groups excluding carboxylic acids is 1. The average Bonchev–Trinajstić information content (AvgIpc) is 2.26. The van der Waals surface area contributed by atoms with Crippen molar-refractivity contribution in [3.05, 3.63) is 29.6 Å². The molecule has 1 aromatic rings. The molecule has 0 aliphatic heterocycles. The van der Waals surface area contributed by atoms with Crippen LogP contribution in [-0.4, -0.2) is 28.5 Å². The standard InChI is InChI=1S/C9H7N3O3/c10-3-6-1-2-7(11-4-6)9(15)12-5-8(13)14/h1-2,4H,5H2,(H,12,15)(H,13,14). The molecule has 0 aliphatic rings. The van der Waals surface area contributed by atoms with Crippen LogP contribution in [0.15, 0.2) is 18.3 Å². The number of nitrogens with one attached hydrogen (secondary N) is 1. The van der Waals surface area contributed by atoms with E-state index in [0.717, 1.165) is 0 Å². The molecule has 0 aliphatic carbocycles. The first kappa shape index (κ1) is 10.7. The molecular weight excluding hydrogens is 198 g/mol. The number of aromatic nitrogens is 1. The number of amides is 1. The number of pyridine rings is 1. The maximum absolute atomic E-state index is 11.2. The van der Waals surface area contributed by atoms with Gasteiger partial charge in [0.25, 0.3) is 5.91 Å². The topological polar surface area (TPSA) is 103 Å². The van der Waals surface area contributed by atoms with Crippen LogP contribution in [-0.2, 0) is 4.79 Å². The number of nitrogens with zero attached hydrogens (tertiary/aromatic N) is 2. The largest absolute Gasteiger partial charge is 0.480 e. The second-order valence-electron chi connectivity index (χ2n) is 2.62. The second-order valence-corrected chi connectivity index (χ2v) is 2.62. The molecule has 6 heteroatoms. The summed E-state index contributed by atoms with van der Waals surface area (Å²) in [5.41, 5.74) is 0.417. The van der Waals surface area contributed by atoms with Gasteiger partial charge in [-0.05, 0) is 12.1 Å². The zero-order valence-electron chi connectivity index (χ0n) is 7.60. The van der Waals surface area contributed by atoms with Gasteiger partial charge < -0.3 is 10.4 Å². The Morgan fingerprint density at radius 3 is 2.73 bits per heavy atom. The Balaban J connectivity index is 2.67. The third-order valence-corrected chi connectivity index (χ3v) is 1.53. The van der Waals surface area contributed by atoms with Gasteiger partial charge in [-0.15, -0.1) is 0 Å². The zero-order valence-corrected chi connectivity index (χ0v) is 7.60. The Bertz CT molecular complexity index is 419. The summed E-state index contributed by atoms with van der Waals surface area (Å²) >= 11 is 0. The fraction of sp³-hybridized carbons (Fsp3) is 0.111. The monoisotopic (exact) mass is 205 g/mol. The molecule has 2 N–H and O–H groups in total. The first-order chi connectivity index (χ1) is 7.13. The molecule has 0 unspecified atom stereocenters. The van der Waals surface area contributed by atoms with Crippen LogP contribution in [0.25, 0.3) is 0 Å². The van der Waals surface area contributed by atoms with Gasteiger partial charge in [0.15, 0.2) is 0 Å². The molecule has 0 atom stereocenters. The maximum Gasteiger partial charge on any atom is 0.322 e. The minimum Gasteiger partial charge on any atom is -0.480 e. The summed E-state index contributed by atoms with van der Waals surface area (Å²) in [7, 11) is 0. The van der Waals surface area contributed by atoms with Crippen LogP contribution in [0.2, 0.25) is 0 Å². The summed E-state index contributed by atoms with van der Waals surface area (Å²) < 4.78 is 0. The number of rotatable bonds is 3. The zero-order chi connectivity index (χ0) is 11.3. The van der Waals surface area contributed by atoms with Crippen LogP contribution < -0.4 is 5.32 Å². The van der Waals surface area contributed by atoms with E-state index in [9.17, 15) is 9.59 Å². The van der Waals surface area contributed by atoms with Crippen molar-refractivity contribution in [1.82, 2.24) is 10.3 Å². The van der Waals surface area contributed by atoms with Crippen LogP contribution in [0.5, 0.6) is 0 Å². The number of carbonyl (C=O) groups is 2. The lowest BCUT2D eigenvalue weighted by atomic mass is 10.2. The molecule has 1 amide bonds. The predicted octanol–water partition coefficient (Wildman–Crippen LogP) is -0.232. The van der Waals surface area contributed by atoms with Gasteiger partial charge in [0, 0.05) is 6.20 Å². The van der Waals surface area contributed by atoms with Gasteiger partial charge in [-0.1, -0.05) is 0 Å². The molecule has 6 nitrogen and oxygen atoms in total. The summed E-state index contributed by atoms with van der Waals surface area (Å²) in [5, 5.41) is 18.9. The molecule has 0 saturated heterocycles. The van der Waals surface area contributed by atoms with Gasteiger partial charge in [-0.2, -0.15) is 5.26 Å². The molecule has 1 heterocycles. The van der Waals surface area contributed by atoms with Crippen LogP contribution in [0.4, 0.5) is 0 Å². The summed E-state index contributed by atoms with van der Waals surface area (Å²) in [4.78, 5) is 25.1. The number of nitriles is 1. The highest BCUT2D eigenvalue weighted by Gasteiger charge is 2.07. The molecule has 0 spiro atoms. The smallest absolute Gasteiger partial charge is 0.322 e. The molecule has 1 aromatic heterocycles. The Morgan fingerprint density at radius 2 is 2.27 bits per heavy atom. The van der Waals surface area contributed by atoms with Gasteiger partial charge in [-0.25, -0.2) is 4.98 Å². The molecule has 0 fully saturated rings. The van der Waals surface area contributed by atoms with Crippen LogP contribution in [0.3, 0.4) is 0 Å². The minimum atomic E-state index is -1.13. The number of hydrogen-bond acceptors (Lipinski definition) is 4. The third kappa shape index (κ3) is 3.08. The molecule has 1 rings (SSSR count). The van der Waals surface area contributed by atoms with E-state index in [2.05, 4.69) is 10.3 Å². The predicted molar refractivity (Wildman–Crippen MR) is 48.9 cm³/mol. The highest BCUT2D eigenvalue weighted by Crippen LogP contribution is 1.98. The SMILES string of the molecule is N#Cc1ccc(C(=O)NCC(=O)O)nc1. The molecule has 0 radical (unpaired) electrons. The van der Waals surface area contributed by atoms with E-state index < -0.39 is 18.4 Å². The van der Waals surface area contributed by atoms with E-state index in [0.29, 0.717) is 5.56 Å². The van der Waals surface area contributed by atoms with E-state index in [1.165, 1.54) is 18.3 Å². The lowest BCUT2D eigenvalue weighted by Gasteiger charge is -2.00. The van der Waals surface area contributed by atoms with Gasteiger partial charge in [0.05, 0.1) is 5.56 Å². The van der Waals surface area contributed by atoms with Crippen molar-refractivity contribution in [2.24, 2.45) is 0 Å². The molecular formula is C9H7N3O3. The molecule has 0 aromatic carbocycles. The van der Waals surface area contributed by atoms with E-state index in [1.807, 2.05) is 6.07 Å². The lowest BCUT2D eigenvalue weighted by molar-refractivity contribution is -0.135. The van der Waals surface area contributed by atoms with E-state index in [1.54, 1.807) is 0 Å². The molecule has 76 valence electrons. The highest BCUT2D eigenvalue weighted by molar-refractivity contribution is 5.94. The fourth-order valence-corrected chi connectivity index (χ4v) is 0.841. The van der Waals surface area contributed by atoms with E-state index >= 15 is 0 Å². The van der Waals surface area contributed by atoms with Gasteiger partial charge in [0.2, 0.25) is 0 Å². The summed E-state index contributed by atoms with van der Waals surface area (Å²) in [6, 6.07) is 4.65. The van der Waals surface area contributed by atoms with Crippen molar-refractivity contribution in [1.29, 1.82) is 5.26 Å². The Hall–Kier alpha value is -2.42. The summed E-state index contributed by atoms with van der Waals surface area (Å²) in [5.74, 6) is -1.71. The van der Waals surface area contributed by atoms with Gasteiger partial charge >= 0.3 is 5.97 Å². The number of carboxylic acids is 1. The van der Waals surface area contributed by atoms with Gasteiger partial charge in [0.1, 0.15) is 18.3 Å². The fourth-order valence-electron chi connectivity index (χ4n) is 0.841. The Morgan fingerprint density at radius 1 is 1.53 bits per heavy atom. The summed E-state index contributed by atoms with van der Waals surface area (Å²) in [6.07, 6.45) is 1.25. The van der Waals surface area contributed by atoms with E-state index in [-0.39, 0.29) is 5.69 Å². The Labute approximate surface area is 85.2 Å². The molecule has 0 bridgehead atoms. The van der Waals surface area contributed by atoms with Crippen molar-refractivity contribution in [2.45, 2.75) is 0 Å². The van der Waals surface area contributed by atoms with Crippen molar-refractivity contribution >= 4 is 11.9 Å². The first-order valence-corrected chi connectivity index (χ1v) is 3.99. The molecule has 15 heavy (non-hydrogen) atoms. The average molecular weight is 205 g/mol. The second kappa shape index (κ2) is 4.72. The highest BCUT2D eigenvalue weighted by atomic mass is 16.4. The van der Waals surface area contributed by atoms with Crippen molar-refractivity contribution < 1.29 is 14.7 Å². The number of carboxylic acid groups (broad SMARTS) is 1. The quantitative estimate of drug-likeness (QED) is 0.709. The van der Waals surface area contributed by atoms with Crippen LogP contribution in [0.1, 0.15) is 16.1 Å². The van der Waals surface area contributed by atoms with Crippen molar-refractivity contribution in [3.8, 4) is 6.07 Å². The first-order valence-electron chi connectivity index (χ1n) is 3.99. The molecule has 0 saturated carbocycles. The Kier molecular flexibility index (Phi) is 3.35. The summed E-state index contributed by atoms with van der Waals surface area (Å²) in [6.45, 7) is -0.458. The number of hydrogen-bond donors (Lipinski definition) is 2. The van der Waals surface area contributed by atoms with Crippen LogP contribution in [0, 0.1) is 11.3 Å². The van der Waals surface area contributed by atoms with Crippen LogP contribution >= 0.6 is 0 Å². The van der Waals surface area contributed by atoms with Crippen molar-refractivity contribution in [3.63, 3.8) is 0 Å². The maximum atomic E-state index is 11.2.